The molecule has 0 unspecified atom stereocenters. The smallest absolute Gasteiger partial charge is 0.243 e. The molecule has 1 aromatic rings. The Morgan fingerprint density at radius 3 is 2.48 bits per heavy atom. The first kappa shape index (κ1) is 18.0. The summed E-state index contributed by atoms with van der Waals surface area (Å²) in [4.78, 5) is 23.5. The van der Waals surface area contributed by atoms with E-state index in [-0.39, 0.29) is 28.7 Å². The maximum Gasteiger partial charge on any atom is 0.243 e. The van der Waals surface area contributed by atoms with Crippen molar-refractivity contribution in [1.82, 2.24) is 15.3 Å². The highest BCUT2D eigenvalue weighted by Gasteiger charge is 2.32. The Bertz CT molecular complexity index is 595. The third kappa shape index (κ3) is 4.14. The van der Waals surface area contributed by atoms with Crippen molar-refractivity contribution < 1.29 is 4.79 Å². The maximum absolute atomic E-state index is 12.8. The van der Waals surface area contributed by atoms with Gasteiger partial charge in [0.15, 0.2) is 0 Å². The first-order valence-corrected chi connectivity index (χ1v) is 8.58. The lowest BCUT2D eigenvalue weighted by molar-refractivity contribution is -0.124. The number of amides is 1. The van der Waals surface area contributed by atoms with E-state index >= 15 is 0 Å². The second-order valence-corrected chi connectivity index (χ2v) is 7.97. The molecule has 6 heteroatoms. The Balaban J connectivity index is 2.36. The molecule has 1 aliphatic rings. The normalized spacial score (nSPS) is 15.5. The molecule has 0 aliphatic heterocycles. The first-order valence-electron chi connectivity index (χ1n) is 8.20. The van der Waals surface area contributed by atoms with E-state index in [1.54, 1.807) is 0 Å². The fourth-order valence-electron chi connectivity index (χ4n) is 3.18. The molecular weight excluding hydrogens is 312 g/mol. The second kappa shape index (κ2) is 6.63. The standard InChI is InChI=1S/C17H27ClN4O/c1-10(2)13(15(23)21-17(3,4)5)22(6)14-11-8-7-9-12(11)19-16(18)20-14/h10,13H,7-9H2,1-6H3,(H,21,23)/t13-/m1/s1. The van der Waals surface area contributed by atoms with Crippen LogP contribution in [0.2, 0.25) is 5.28 Å². The first-order chi connectivity index (χ1) is 10.6. The number of anilines is 1. The van der Waals surface area contributed by atoms with Crippen LogP contribution in [-0.2, 0) is 17.6 Å². The van der Waals surface area contributed by atoms with E-state index in [2.05, 4.69) is 15.3 Å². The lowest BCUT2D eigenvalue weighted by Gasteiger charge is -2.34. The lowest BCUT2D eigenvalue weighted by Crippen LogP contribution is -2.53. The molecule has 0 radical (unpaired) electrons. The third-order valence-electron chi connectivity index (χ3n) is 4.03. The van der Waals surface area contributed by atoms with Gasteiger partial charge < -0.3 is 10.2 Å². The average Bonchev–Trinajstić information content (AvgIpc) is 2.82. The number of rotatable bonds is 4. The van der Waals surface area contributed by atoms with Gasteiger partial charge in [-0.1, -0.05) is 13.8 Å². The van der Waals surface area contributed by atoms with Crippen LogP contribution >= 0.6 is 11.6 Å². The number of aryl methyl sites for hydroxylation is 1. The van der Waals surface area contributed by atoms with Gasteiger partial charge in [0.05, 0.1) is 5.69 Å². The van der Waals surface area contributed by atoms with Crippen molar-refractivity contribution in [3.63, 3.8) is 0 Å². The zero-order valence-electron chi connectivity index (χ0n) is 14.9. The van der Waals surface area contributed by atoms with Gasteiger partial charge in [0.1, 0.15) is 11.9 Å². The van der Waals surface area contributed by atoms with Gasteiger partial charge in [-0.25, -0.2) is 9.97 Å². The fraction of sp³-hybridized carbons (Fsp3) is 0.706. The topological polar surface area (TPSA) is 58.1 Å². The Morgan fingerprint density at radius 1 is 1.26 bits per heavy atom. The van der Waals surface area contributed by atoms with Crippen LogP contribution in [0.3, 0.4) is 0 Å². The van der Waals surface area contributed by atoms with Crippen LogP contribution in [0.5, 0.6) is 0 Å². The molecule has 1 amide bonds. The van der Waals surface area contributed by atoms with E-state index < -0.39 is 0 Å². The predicted octanol–water partition coefficient (Wildman–Crippen LogP) is 2.99. The molecule has 1 aliphatic carbocycles. The van der Waals surface area contributed by atoms with Gasteiger partial charge in [0.25, 0.3) is 0 Å². The summed E-state index contributed by atoms with van der Waals surface area (Å²) < 4.78 is 0. The molecule has 1 aromatic heterocycles. The van der Waals surface area contributed by atoms with Crippen molar-refractivity contribution in [3.8, 4) is 0 Å². The van der Waals surface area contributed by atoms with Crippen molar-refractivity contribution in [2.24, 2.45) is 5.92 Å². The zero-order chi connectivity index (χ0) is 17.4. The quantitative estimate of drug-likeness (QED) is 0.857. The molecule has 1 heterocycles. The van der Waals surface area contributed by atoms with Crippen LogP contribution in [0.15, 0.2) is 0 Å². The summed E-state index contributed by atoms with van der Waals surface area (Å²) in [5.41, 5.74) is 1.88. The van der Waals surface area contributed by atoms with E-state index in [1.165, 1.54) is 0 Å². The van der Waals surface area contributed by atoms with Gasteiger partial charge in [-0.15, -0.1) is 0 Å². The molecule has 23 heavy (non-hydrogen) atoms. The monoisotopic (exact) mass is 338 g/mol. The number of nitrogens with zero attached hydrogens (tertiary/aromatic N) is 3. The van der Waals surface area contributed by atoms with Crippen LogP contribution in [0.25, 0.3) is 0 Å². The van der Waals surface area contributed by atoms with E-state index in [0.29, 0.717) is 0 Å². The molecule has 0 fully saturated rings. The summed E-state index contributed by atoms with van der Waals surface area (Å²) in [5, 5.41) is 3.33. The molecule has 0 saturated carbocycles. The van der Waals surface area contributed by atoms with Crippen LogP contribution in [0.4, 0.5) is 5.82 Å². The number of aromatic nitrogens is 2. The maximum atomic E-state index is 12.8. The molecular formula is C17H27ClN4O. The fourth-order valence-corrected chi connectivity index (χ4v) is 3.36. The third-order valence-corrected chi connectivity index (χ3v) is 4.20. The molecule has 0 saturated heterocycles. The number of carbonyl (C=O) groups excluding carboxylic acids is 1. The van der Waals surface area contributed by atoms with Crippen molar-refractivity contribution in [2.75, 3.05) is 11.9 Å². The molecule has 2 rings (SSSR count). The van der Waals surface area contributed by atoms with Gasteiger partial charge in [0.2, 0.25) is 11.2 Å². The van der Waals surface area contributed by atoms with Crippen LogP contribution in [0.1, 0.15) is 52.3 Å². The van der Waals surface area contributed by atoms with Crippen LogP contribution in [-0.4, -0.2) is 34.5 Å². The number of hydrogen-bond donors (Lipinski definition) is 1. The van der Waals surface area contributed by atoms with Crippen molar-refractivity contribution in [1.29, 1.82) is 0 Å². The summed E-state index contributed by atoms with van der Waals surface area (Å²) in [6.07, 6.45) is 2.93. The van der Waals surface area contributed by atoms with Gasteiger partial charge in [-0.05, 0) is 57.6 Å². The Hall–Kier alpha value is -1.36. The Kier molecular flexibility index (Phi) is 5.19. The number of halogens is 1. The molecule has 0 bridgehead atoms. The van der Waals surface area contributed by atoms with E-state index in [4.69, 9.17) is 11.6 Å². The second-order valence-electron chi connectivity index (χ2n) is 7.63. The molecule has 0 aromatic carbocycles. The number of hydrogen-bond acceptors (Lipinski definition) is 4. The van der Waals surface area contributed by atoms with Gasteiger partial charge >= 0.3 is 0 Å². The number of nitrogens with one attached hydrogen (secondary N) is 1. The molecule has 128 valence electrons. The van der Waals surface area contributed by atoms with Crippen LogP contribution in [0, 0.1) is 5.92 Å². The minimum absolute atomic E-state index is 0.0106. The Morgan fingerprint density at radius 2 is 1.91 bits per heavy atom. The summed E-state index contributed by atoms with van der Waals surface area (Å²) in [6.45, 7) is 10.1. The summed E-state index contributed by atoms with van der Waals surface area (Å²) in [6, 6.07) is -0.301. The molecule has 0 spiro atoms. The zero-order valence-corrected chi connectivity index (χ0v) is 15.7. The highest BCUT2D eigenvalue weighted by atomic mass is 35.5. The predicted molar refractivity (Wildman–Crippen MR) is 94.0 cm³/mol. The molecule has 1 N–H and O–H groups in total. The SMILES string of the molecule is CC(C)[C@H](C(=O)NC(C)(C)C)N(C)c1nc(Cl)nc2c1CCC2. The minimum atomic E-state index is -0.301. The van der Waals surface area contributed by atoms with Gasteiger partial charge in [-0.2, -0.15) is 0 Å². The molecule has 1 atom stereocenters. The highest BCUT2D eigenvalue weighted by molar-refractivity contribution is 6.28. The van der Waals surface area contributed by atoms with Crippen molar-refractivity contribution in [2.45, 2.75) is 65.5 Å². The van der Waals surface area contributed by atoms with E-state index in [0.717, 1.165) is 36.3 Å². The number of fused-ring (bicyclic) bond motifs is 1. The van der Waals surface area contributed by atoms with Gasteiger partial charge in [-0.3, -0.25) is 4.79 Å². The summed E-state index contributed by atoms with van der Waals surface area (Å²) in [5.74, 6) is 0.949. The average molecular weight is 339 g/mol. The lowest BCUT2D eigenvalue weighted by atomic mass is 9.99. The van der Waals surface area contributed by atoms with E-state index in [1.807, 2.05) is 46.6 Å². The van der Waals surface area contributed by atoms with Crippen molar-refractivity contribution in [3.05, 3.63) is 16.5 Å². The van der Waals surface area contributed by atoms with Crippen molar-refractivity contribution >= 4 is 23.3 Å². The largest absolute Gasteiger partial charge is 0.350 e. The summed E-state index contributed by atoms with van der Waals surface area (Å²) >= 11 is 6.09. The molecule has 5 nitrogen and oxygen atoms in total. The highest BCUT2D eigenvalue weighted by Crippen LogP contribution is 2.31. The number of likely N-dealkylation sites (N-methyl/N-ethyl adjacent to an activating group) is 1. The minimum Gasteiger partial charge on any atom is -0.350 e. The van der Waals surface area contributed by atoms with Crippen LogP contribution < -0.4 is 10.2 Å². The number of carbonyl (C=O) groups is 1. The van der Waals surface area contributed by atoms with E-state index in [9.17, 15) is 4.79 Å². The summed E-state index contributed by atoms with van der Waals surface area (Å²) in [7, 11) is 1.92. The Labute approximate surface area is 143 Å². The van der Waals surface area contributed by atoms with Gasteiger partial charge in [0, 0.05) is 18.2 Å².